The highest BCUT2D eigenvalue weighted by atomic mass is 32.1. The van der Waals surface area contributed by atoms with Gasteiger partial charge in [-0.2, -0.15) is 0 Å². The zero-order valence-corrected chi connectivity index (χ0v) is 26.1. The molecular formula is C25H40N8O6S2. The molecule has 41 heavy (non-hydrogen) atoms. The number of alkyl carbamates (subject to hydrolysis) is 1. The summed E-state index contributed by atoms with van der Waals surface area (Å²) < 4.78 is 5.24. The third kappa shape index (κ3) is 12.3. The molecule has 2 aromatic rings. The van der Waals surface area contributed by atoms with Crippen molar-refractivity contribution in [3.63, 3.8) is 0 Å². The number of hydrogen-bond acceptors (Lipinski definition) is 11. The van der Waals surface area contributed by atoms with Crippen molar-refractivity contribution in [1.29, 1.82) is 0 Å². The normalized spacial score (nSPS) is 13.0. The number of amides is 4. The van der Waals surface area contributed by atoms with Crippen LogP contribution in [0, 0.1) is 17.8 Å². The molecule has 0 fully saturated rings. The number of nitrogens with one attached hydrogen (secondary N) is 4. The highest BCUT2D eigenvalue weighted by Crippen LogP contribution is 2.22. The number of carbonyl (C=O) groups is 4. The zero-order valence-electron chi connectivity index (χ0n) is 24.4. The Kier molecular flexibility index (Phi) is 12.8. The molecule has 2 rings (SSSR count). The lowest BCUT2D eigenvalue weighted by Crippen LogP contribution is -2.46. The molecule has 0 saturated heterocycles. The van der Waals surface area contributed by atoms with E-state index in [0.29, 0.717) is 23.1 Å². The Morgan fingerprint density at radius 3 is 1.78 bits per heavy atom. The van der Waals surface area contributed by atoms with Gasteiger partial charge in [0.25, 0.3) is 0 Å². The largest absolute Gasteiger partial charge is 0.465 e. The molecule has 16 heteroatoms. The molecule has 0 aliphatic carbocycles. The smallest absolute Gasteiger partial charge is 0.407 e. The monoisotopic (exact) mass is 612 g/mol. The Hall–Kier alpha value is -3.40. The first kappa shape index (κ1) is 33.8. The Morgan fingerprint density at radius 1 is 0.829 bits per heavy atom. The minimum atomic E-state index is -1.27. The van der Waals surface area contributed by atoms with E-state index < -0.39 is 35.7 Å². The fourth-order valence-electron chi connectivity index (χ4n) is 3.55. The molecule has 4 amide bonds. The van der Waals surface area contributed by atoms with Gasteiger partial charge in [-0.05, 0) is 45.4 Å². The summed E-state index contributed by atoms with van der Waals surface area (Å²) in [5.74, 6) is -1.46. The van der Waals surface area contributed by atoms with Crippen molar-refractivity contribution >= 4 is 56.9 Å². The Morgan fingerprint density at radius 2 is 1.34 bits per heavy atom. The summed E-state index contributed by atoms with van der Waals surface area (Å²) in [6.45, 7) is 12.8. The summed E-state index contributed by atoms with van der Waals surface area (Å²) in [5, 5.41) is 37.8. The van der Waals surface area contributed by atoms with Crippen molar-refractivity contribution in [2.75, 3.05) is 17.2 Å². The van der Waals surface area contributed by atoms with E-state index in [1.54, 1.807) is 34.6 Å². The van der Waals surface area contributed by atoms with Gasteiger partial charge in [0, 0.05) is 19.4 Å². The second-order valence-electron chi connectivity index (χ2n) is 11.1. The lowest BCUT2D eigenvalue weighted by atomic mass is 9.95. The molecule has 5 N–H and O–H groups in total. The van der Waals surface area contributed by atoms with Gasteiger partial charge in [-0.3, -0.25) is 14.9 Å². The Balaban J connectivity index is 1.78. The van der Waals surface area contributed by atoms with Crippen LogP contribution in [0.4, 0.5) is 19.9 Å². The van der Waals surface area contributed by atoms with Gasteiger partial charge in [-0.25, -0.2) is 9.59 Å². The fourth-order valence-corrected chi connectivity index (χ4v) is 5.12. The van der Waals surface area contributed by atoms with E-state index in [1.807, 2.05) is 13.8 Å². The van der Waals surface area contributed by atoms with Gasteiger partial charge in [0.05, 0.1) is 5.92 Å². The van der Waals surface area contributed by atoms with Crippen LogP contribution in [0.25, 0.3) is 0 Å². The average Bonchev–Trinajstić information content (AvgIpc) is 3.47. The highest BCUT2D eigenvalue weighted by molar-refractivity contribution is 7.15. The second kappa shape index (κ2) is 15.6. The standard InChI is InChI=1S/C25H40N8O6S2/c1-13(2)15(12-26-24(38)39-25(5,6)7)19(34)28-21-32-30-16(40-21)10-8-9-11-17-31-33-22(41-17)29-20(35)18(14(3)4)27-23(36)37/h13-15,18,27H,8-12H2,1-7H3,(H,26,38)(H,36,37)(H,28,32,34)(H,29,33,35). The summed E-state index contributed by atoms with van der Waals surface area (Å²) >= 11 is 2.55. The number of hydrogen-bond donors (Lipinski definition) is 5. The molecule has 0 aliphatic heterocycles. The first-order chi connectivity index (χ1) is 19.1. The SMILES string of the molecule is CC(C)C(CNC(=O)OC(C)(C)C)C(=O)Nc1nnc(CCCCc2nnc(NC(=O)C(NC(=O)O)C(C)C)s2)s1. The highest BCUT2D eigenvalue weighted by Gasteiger charge is 2.26. The molecule has 2 heterocycles. The van der Waals surface area contributed by atoms with Crippen LogP contribution in [0.1, 0.15) is 71.3 Å². The van der Waals surface area contributed by atoms with Crippen LogP contribution in [0.15, 0.2) is 0 Å². The van der Waals surface area contributed by atoms with Gasteiger partial charge in [-0.1, -0.05) is 50.4 Å². The fraction of sp³-hybridized carbons (Fsp3) is 0.680. The van der Waals surface area contributed by atoms with Crippen LogP contribution < -0.4 is 21.3 Å². The van der Waals surface area contributed by atoms with Gasteiger partial charge in [-0.15, -0.1) is 20.4 Å². The number of ether oxygens (including phenoxy) is 1. The molecule has 2 aromatic heterocycles. The maximum absolute atomic E-state index is 12.8. The van der Waals surface area contributed by atoms with Crippen LogP contribution >= 0.6 is 22.7 Å². The number of aryl methyl sites for hydroxylation is 2. The third-order valence-corrected chi connectivity index (χ3v) is 7.46. The molecule has 0 aromatic carbocycles. The van der Waals surface area contributed by atoms with E-state index >= 15 is 0 Å². The van der Waals surface area contributed by atoms with Crippen LogP contribution in [0.2, 0.25) is 0 Å². The number of nitrogens with zero attached hydrogens (tertiary/aromatic N) is 4. The van der Waals surface area contributed by atoms with Gasteiger partial charge in [0.1, 0.15) is 21.7 Å². The molecule has 0 radical (unpaired) electrons. The van der Waals surface area contributed by atoms with Crippen molar-refractivity contribution in [3.8, 4) is 0 Å². The van der Waals surface area contributed by atoms with Crippen LogP contribution in [-0.4, -0.2) is 67.7 Å². The van der Waals surface area contributed by atoms with Gasteiger partial charge in [0.15, 0.2) is 0 Å². The topological polar surface area (TPSA) is 197 Å². The number of anilines is 2. The Bertz CT molecular complexity index is 1180. The molecule has 0 aliphatic rings. The number of carboxylic acid groups (broad SMARTS) is 1. The summed E-state index contributed by atoms with van der Waals surface area (Å²) in [6, 6.07) is -0.897. The minimum absolute atomic E-state index is 0.0236. The molecule has 2 unspecified atom stereocenters. The average molecular weight is 613 g/mol. The van der Waals surface area contributed by atoms with E-state index in [-0.39, 0.29) is 24.3 Å². The van der Waals surface area contributed by atoms with E-state index in [4.69, 9.17) is 9.84 Å². The van der Waals surface area contributed by atoms with Crippen molar-refractivity contribution in [1.82, 2.24) is 31.0 Å². The van der Waals surface area contributed by atoms with E-state index in [9.17, 15) is 19.2 Å². The van der Waals surface area contributed by atoms with Crippen LogP contribution in [0.5, 0.6) is 0 Å². The van der Waals surface area contributed by atoms with Crippen molar-refractivity contribution in [3.05, 3.63) is 10.0 Å². The first-order valence-corrected chi connectivity index (χ1v) is 15.0. The van der Waals surface area contributed by atoms with E-state index in [2.05, 4.69) is 41.7 Å². The van der Waals surface area contributed by atoms with Crippen molar-refractivity contribution < 1.29 is 29.0 Å². The zero-order chi connectivity index (χ0) is 30.7. The summed E-state index contributed by atoms with van der Waals surface area (Å²) in [7, 11) is 0. The molecular weight excluding hydrogens is 572 g/mol. The Labute approximate surface area is 247 Å². The molecule has 228 valence electrons. The summed E-state index contributed by atoms with van der Waals surface area (Å²) in [4.78, 5) is 48.2. The van der Waals surface area contributed by atoms with Crippen molar-refractivity contribution in [2.45, 2.75) is 85.8 Å². The van der Waals surface area contributed by atoms with E-state index in [1.165, 1.54) is 22.7 Å². The van der Waals surface area contributed by atoms with Crippen LogP contribution in [-0.2, 0) is 27.2 Å². The maximum Gasteiger partial charge on any atom is 0.407 e. The quantitative estimate of drug-likeness (QED) is 0.195. The first-order valence-electron chi connectivity index (χ1n) is 13.4. The number of carbonyl (C=O) groups excluding carboxylic acids is 3. The second-order valence-corrected chi connectivity index (χ2v) is 13.2. The van der Waals surface area contributed by atoms with Gasteiger partial charge >= 0.3 is 12.2 Å². The molecule has 0 saturated carbocycles. The lowest BCUT2D eigenvalue weighted by molar-refractivity contribution is -0.121. The van der Waals surface area contributed by atoms with Crippen LogP contribution in [0.3, 0.4) is 0 Å². The third-order valence-electron chi connectivity index (χ3n) is 5.66. The van der Waals surface area contributed by atoms with Crippen molar-refractivity contribution in [2.24, 2.45) is 17.8 Å². The molecule has 2 atom stereocenters. The maximum atomic E-state index is 12.8. The number of rotatable bonds is 14. The molecule has 0 spiro atoms. The summed E-state index contributed by atoms with van der Waals surface area (Å²) in [5.41, 5.74) is -0.625. The number of unbranched alkanes of at least 4 members (excludes halogenated alkanes) is 1. The molecule has 14 nitrogen and oxygen atoms in total. The van der Waals surface area contributed by atoms with E-state index in [0.717, 1.165) is 22.9 Å². The van der Waals surface area contributed by atoms with Gasteiger partial charge in [0.2, 0.25) is 22.1 Å². The lowest BCUT2D eigenvalue weighted by Gasteiger charge is -2.23. The minimum Gasteiger partial charge on any atom is -0.465 e. The summed E-state index contributed by atoms with van der Waals surface area (Å²) in [6.07, 6.45) is 1.07. The van der Waals surface area contributed by atoms with Gasteiger partial charge < -0.3 is 25.8 Å². The predicted molar refractivity (Wildman–Crippen MR) is 156 cm³/mol. The number of aromatic nitrogens is 4. The molecule has 0 bridgehead atoms. The predicted octanol–water partition coefficient (Wildman–Crippen LogP) is 3.92.